The lowest BCUT2D eigenvalue weighted by atomic mass is 10.0. The second-order valence-electron chi connectivity index (χ2n) is 4.36. The van der Waals surface area contributed by atoms with Crippen LogP contribution < -0.4 is 0 Å². The van der Waals surface area contributed by atoms with Crippen LogP contribution in [0.25, 0.3) is 11.0 Å². The first-order valence-corrected chi connectivity index (χ1v) is 5.91. The molecular weight excluding hydrogens is 224 g/mol. The van der Waals surface area contributed by atoms with Gasteiger partial charge in [0.05, 0.1) is 5.39 Å². The molecule has 1 N–H and O–H groups in total. The van der Waals surface area contributed by atoms with Crippen molar-refractivity contribution >= 4 is 28.6 Å². The van der Waals surface area contributed by atoms with Crippen LogP contribution in [0.4, 0.5) is 5.69 Å². The van der Waals surface area contributed by atoms with Crippen LogP contribution in [0.3, 0.4) is 0 Å². The molecule has 1 aliphatic heterocycles. The largest absolute Gasteiger partial charge is 0.346 e. The van der Waals surface area contributed by atoms with E-state index in [4.69, 9.17) is 0 Å². The van der Waals surface area contributed by atoms with Gasteiger partial charge in [0, 0.05) is 23.6 Å². The number of rotatable bonds is 1. The normalized spacial score (nSPS) is 21.0. The van der Waals surface area contributed by atoms with Crippen LogP contribution in [-0.4, -0.2) is 26.6 Å². The van der Waals surface area contributed by atoms with Gasteiger partial charge in [0.1, 0.15) is 17.3 Å². The van der Waals surface area contributed by atoms with Gasteiger partial charge in [-0.15, -0.1) is 0 Å². The van der Waals surface area contributed by atoms with Crippen molar-refractivity contribution in [3.05, 3.63) is 48.8 Å². The number of aromatic nitrogens is 2. The summed E-state index contributed by atoms with van der Waals surface area (Å²) in [6.07, 6.45) is 14.1. The number of hydrogen-bond donors (Lipinski definition) is 1. The summed E-state index contributed by atoms with van der Waals surface area (Å²) < 4.78 is 1.94. The second-order valence-corrected chi connectivity index (χ2v) is 4.36. The van der Waals surface area contributed by atoms with Gasteiger partial charge in [-0.25, -0.2) is 4.98 Å². The number of allylic oxidation sites excluding steroid dienone is 4. The Balaban J connectivity index is 1.90. The highest BCUT2D eigenvalue weighted by Crippen LogP contribution is 2.26. The van der Waals surface area contributed by atoms with E-state index in [0.717, 1.165) is 22.4 Å². The quantitative estimate of drug-likeness (QED) is 0.758. The molecule has 1 atom stereocenters. The summed E-state index contributed by atoms with van der Waals surface area (Å²) in [6.45, 7) is 0. The molecule has 4 heteroatoms. The maximum absolute atomic E-state index is 4.62. The Morgan fingerprint density at radius 1 is 1.22 bits per heavy atom. The number of H-pyrrole nitrogens is 1. The molecule has 0 saturated carbocycles. The number of hydrogen-bond acceptors (Lipinski definition) is 2. The summed E-state index contributed by atoms with van der Waals surface area (Å²) in [5.74, 6) is 0.289. The van der Waals surface area contributed by atoms with Crippen LogP contribution >= 0.6 is 0 Å². The molecule has 0 radical (unpaired) electrons. The number of pyridine rings is 1. The topological polar surface area (TPSA) is 44.0 Å². The maximum Gasteiger partial charge on any atom is 0.250 e. The molecule has 86 valence electrons. The summed E-state index contributed by atoms with van der Waals surface area (Å²) in [4.78, 5) is 7.41. The highest BCUT2D eigenvalue weighted by Gasteiger charge is 2.28. The van der Waals surface area contributed by atoms with Crippen molar-refractivity contribution in [3.63, 3.8) is 0 Å². The predicted molar refractivity (Wildman–Crippen MR) is 71.3 cm³/mol. The van der Waals surface area contributed by atoms with E-state index in [2.05, 4.69) is 39.5 Å². The van der Waals surface area contributed by atoms with Crippen LogP contribution in [0.5, 0.6) is 0 Å². The average Bonchev–Trinajstić information content (AvgIpc) is 3.04. The van der Waals surface area contributed by atoms with Gasteiger partial charge in [0.2, 0.25) is 5.69 Å². The van der Waals surface area contributed by atoms with Crippen molar-refractivity contribution < 1.29 is 4.68 Å². The van der Waals surface area contributed by atoms with Crippen molar-refractivity contribution in [2.75, 3.05) is 0 Å². The third kappa shape index (κ3) is 1.29. The fourth-order valence-electron chi connectivity index (χ4n) is 2.36. The maximum atomic E-state index is 4.62. The van der Waals surface area contributed by atoms with E-state index >= 15 is 0 Å². The third-order valence-corrected chi connectivity index (χ3v) is 3.25. The molecule has 0 aromatic carbocycles. The molecular formula is C14H11N4+. The molecule has 2 aromatic heterocycles. The zero-order valence-corrected chi connectivity index (χ0v) is 9.62. The Morgan fingerprint density at radius 3 is 3.17 bits per heavy atom. The minimum Gasteiger partial charge on any atom is -0.346 e. The fourth-order valence-corrected chi connectivity index (χ4v) is 2.36. The van der Waals surface area contributed by atoms with Crippen LogP contribution in [0.1, 0.15) is 0 Å². The Hall–Kier alpha value is -2.49. The Morgan fingerprint density at radius 2 is 2.22 bits per heavy atom. The van der Waals surface area contributed by atoms with E-state index in [1.807, 2.05) is 29.1 Å². The standard InChI is InChI=1S/C14H11N4/c1-2-4-12-10(3-1)9-18(17-12)13-6-8-16-14-11(13)5-7-15-14/h1-10H,(H,15,16)/q+1. The van der Waals surface area contributed by atoms with Crippen molar-refractivity contribution in [3.8, 4) is 0 Å². The van der Waals surface area contributed by atoms with E-state index in [1.165, 1.54) is 0 Å². The molecule has 0 fully saturated rings. The number of nitrogens with zero attached hydrogens (tertiary/aromatic N) is 3. The van der Waals surface area contributed by atoms with Gasteiger partial charge >= 0.3 is 0 Å². The molecule has 1 aliphatic carbocycles. The number of aromatic amines is 1. The predicted octanol–water partition coefficient (Wildman–Crippen LogP) is 2.39. The Labute approximate surface area is 104 Å². The molecule has 3 heterocycles. The fraction of sp³-hybridized carbons (Fsp3) is 0.0714. The SMILES string of the molecule is C1=CC2=N[N+](c3ccnc4[nH]ccc34)=CC2C=C1. The number of hydrazone groups is 1. The van der Waals surface area contributed by atoms with Gasteiger partial charge in [-0.2, -0.15) is 0 Å². The lowest BCUT2D eigenvalue weighted by Crippen LogP contribution is -2.08. The zero-order valence-electron chi connectivity index (χ0n) is 9.62. The smallest absolute Gasteiger partial charge is 0.250 e. The lowest BCUT2D eigenvalue weighted by molar-refractivity contribution is -0.435. The Kier molecular flexibility index (Phi) is 1.85. The van der Waals surface area contributed by atoms with E-state index in [0.29, 0.717) is 0 Å². The monoisotopic (exact) mass is 235 g/mol. The minimum absolute atomic E-state index is 0.289. The molecule has 1 unspecified atom stereocenters. The lowest BCUT2D eigenvalue weighted by Gasteiger charge is -1.97. The molecule has 18 heavy (non-hydrogen) atoms. The van der Waals surface area contributed by atoms with Crippen molar-refractivity contribution in [2.45, 2.75) is 0 Å². The van der Waals surface area contributed by atoms with E-state index in [1.54, 1.807) is 6.20 Å². The second kappa shape index (κ2) is 3.50. The Bertz CT molecular complexity index is 746. The summed E-state index contributed by atoms with van der Waals surface area (Å²) in [5, 5.41) is 5.71. The first kappa shape index (κ1) is 9.53. The summed E-state index contributed by atoms with van der Waals surface area (Å²) in [7, 11) is 0. The molecule has 0 spiro atoms. The molecule has 0 amide bonds. The first-order chi connectivity index (χ1) is 8.92. The third-order valence-electron chi connectivity index (χ3n) is 3.25. The highest BCUT2D eigenvalue weighted by atomic mass is 15.4. The molecule has 4 rings (SSSR count). The van der Waals surface area contributed by atoms with Crippen LogP contribution in [0.2, 0.25) is 0 Å². The molecule has 0 saturated heterocycles. The molecule has 4 nitrogen and oxygen atoms in total. The van der Waals surface area contributed by atoms with Gasteiger partial charge in [-0.05, 0) is 12.1 Å². The van der Waals surface area contributed by atoms with Crippen molar-refractivity contribution in [1.82, 2.24) is 9.97 Å². The summed E-state index contributed by atoms with van der Waals surface area (Å²) >= 11 is 0. The summed E-state index contributed by atoms with van der Waals surface area (Å²) in [5.41, 5.74) is 3.03. The summed E-state index contributed by atoms with van der Waals surface area (Å²) in [6, 6.07) is 4.01. The van der Waals surface area contributed by atoms with Crippen LogP contribution in [0.15, 0.2) is 53.9 Å². The van der Waals surface area contributed by atoms with Gasteiger partial charge in [0.25, 0.3) is 0 Å². The van der Waals surface area contributed by atoms with Crippen LogP contribution in [0, 0.1) is 5.92 Å². The van der Waals surface area contributed by atoms with Gasteiger partial charge in [-0.1, -0.05) is 22.9 Å². The van der Waals surface area contributed by atoms with Gasteiger partial charge in [0.15, 0.2) is 6.21 Å². The highest BCUT2D eigenvalue weighted by molar-refractivity contribution is 6.09. The number of nitrogens with one attached hydrogen (secondary N) is 1. The zero-order chi connectivity index (χ0) is 11.9. The van der Waals surface area contributed by atoms with Crippen LogP contribution in [-0.2, 0) is 0 Å². The number of fused-ring (bicyclic) bond motifs is 2. The van der Waals surface area contributed by atoms with Gasteiger partial charge < -0.3 is 4.98 Å². The van der Waals surface area contributed by atoms with Gasteiger partial charge in [-0.3, -0.25) is 0 Å². The molecule has 0 bridgehead atoms. The van der Waals surface area contributed by atoms with E-state index in [9.17, 15) is 0 Å². The minimum atomic E-state index is 0.289. The average molecular weight is 235 g/mol. The van der Waals surface area contributed by atoms with E-state index < -0.39 is 0 Å². The van der Waals surface area contributed by atoms with Crippen molar-refractivity contribution in [2.24, 2.45) is 11.0 Å². The molecule has 2 aliphatic rings. The molecule has 2 aromatic rings. The first-order valence-electron chi connectivity index (χ1n) is 5.91. The van der Waals surface area contributed by atoms with Crippen molar-refractivity contribution in [1.29, 1.82) is 0 Å². The van der Waals surface area contributed by atoms with E-state index in [-0.39, 0.29) is 5.92 Å².